The van der Waals surface area contributed by atoms with Gasteiger partial charge in [-0.05, 0) is 31.4 Å². The minimum atomic E-state index is -0.00149. The Morgan fingerprint density at radius 3 is 2.96 bits per heavy atom. The lowest BCUT2D eigenvalue weighted by Gasteiger charge is -2.32. The van der Waals surface area contributed by atoms with E-state index in [9.17, 15) is 9.59 Å². The fraction of sp³-hybridized carbons (Fsp3) is 0.500. The van der Waals surface area contributed by atoms with Gasteiger partial charge in [-0.3, -0.25) is 14.6 Å². The van der Waals surface area contributed by atoms with Crippen molar-refractivity contribution in [2.45, 2.75) is 31.6 Å². The molecule has 1 atom stereocenters. The van der Waals surface area contributed by atoms with Gasteiger partial charge < -0.3 is 14.3 Å². The highest BCUT2D eigenvalue weighted by Gasteiger charge is 2.30. The van der Waals surface area contributed by atoms with Crippen LogP contribution >= 0.6 is 0 Å². The van der Waals surface area contributed by atoms with Gasteiger partial charge in [-0.25, -0.2) is 0 Å². The van der Waals surface area contributed by atoms with E-state index < -0.39 is 0 Å². The van der Waals surface area contributed by atoms with E-state index in [-0.39, 0.29) is 24.3 Å². The number of likely N-dealkylation sites (tertiary alicyclic amines) is 2. The Labute approximate surface area is 151 Å². The number of amides is 2. The first-order valence-electron chi connectivity index (χ1n) is 9.01. The molecule has 0 aliphatic carbocycles. The predicted octanol–water partition coefficient (Wildman–Crippen LogP) is 1.46. The Hall–Kier alpha value is -2.77. The highest BCUT2D eigenvalue weighted by atomic mass is 16.5. The average Bonchev–Trinajstić information content (AvgIpc) is 3.32. The lowest BCUT2D eigenvalue weighted by atomic mass is 9.97. The zero-order chi connectivity index (χ0) is 17.9. The highest BCUT2D eigenvalue weighted by molar-refractivity contribution is 5.86. The number of pyridine rings is 1. The zero-order valence-electron chi connectivity index (χ0n) is 14.5. The Balaban J connectivity index is 1.41. The van der Waals surface area contributed by atoms with E-state index >= 15 is 0 Å². The van der Waals surface area contributed by atoms with E-state index in [0.29, 0.717) is 43.5 Å². The molecule has 4 heterocycles. The topological polar surface area (TPSA) is 92.4 Å². The van der Waals surface area contributed by atoms with Crippen molar-refractivity contribution in [1.82, 2.24) is 24.9 Å². The van der Waals surface area contributed by atoms with Crippen LogP contribution in [0.5, 0.6) is 0 Å². The Morgan fingerprint density at radius 2 is 2.19 bits per heavy atom. The number of carbonyl (C=O) groups excluding carboxylic acids is 2. The molecule has 2 fully saturated rings. The SMILES string of the molecule is O=C1CCCN1CC(=O)N1CCCC(c2noc(-c3ccccn3)n2)C1. The third-order valence-corrected chi connectivity index (χ3v) is 4.96. The molecule has 2 aliphatic heterocycles. The van der Waals surface area contributed by atoms with Crippen molar-refractivity contribution in [3.63, 3.8) is 0 Å². The summed E-state index contributed by atoms with van der Waals surface area (Å²) in [5.41, 5.74) is 0.641. The Bertz CT molecular complexity index is 791. The molecule has 0 saturated carbocycles. The number of hydrogen-bond donors (Lipinski definition) is 0. The minimum absolute atomic E-state index is 0.00149. The molecule has 2 aliphatic rings. The summed E-state index contributed by atoms with van der Waals surface area (Å²) in [6.45, 7) is 2.13. The summed E-state index contributed by atoms with van der Waals surface area (Å²) in [6.07, 6.45) is 4.87. The second kappa shape index (κ2) is 7.23. The molecule has 0 aromatic carbocycles. The largest absolute Gasteiger partial charge is 0.340 e. The molecule has 0 spiro atoms. The number of aromatic nitrogens is 3. The summed E-state index contributed by atoms with van der Waals surface area (Å²) in [5, 5.41) is 4.10. The first-order valence-corrected chi connectivity index (χ1v) is 9.01. The number of hydrogen-bond acceptors (Lipinski definition) is 6. The van der Waals surface area contributed by atoms with Crippen LogP contribution in [0.4, 0.5) is 0 Å². The smallest absolute Gasteiger partial charge is 0.276 e. The van der Waals surface area contributed by atoms with E-state index in [1.54, 1.807) is 11.1 Å². The van der Waals surface area contributed by atoms with Crippen molar-refractivity contribution in [3.05, 3.63) is 30.2 Å². The minimum Gasteiger partial charge on any atom is -0.340 e. The van der Waals surface area contributed by atoms with Crippen LogP contribution in [0, 0.1) is 0 Å². The van der Waals surface area contributed by atoms with Crippen molar-refractivity contribution in [2.75, 3.05) is 26.2 Å². The second-order valence-electron chi connectivity index (χ2n) is 6.77. The van der Waals surface area contributed by atoms with Crippen LogP contribution in [0.2, 0.25) is 0 Å². The molecule has 1 unspecified atom stereocenters. The van der Waals surface area contributed by atoms with Crippen molar-refractivity contribution >= 4 is 11.8 Å². The molecule has 2 aromatic heterocycles. The van der Waals surface area contributed by atoms with Gasteiger partial charge in [0, 0.05) is 38.2 Å². The first kappa shape index (κ1) is 16.7. The van der Waals surface area contributed by atoms with Gasteiger partial charge in [0.15, 0.2) is 5.82 Å². The summed E-state index contributed by atoms with van der Waals surface area (Å²) < 4.78 is 5.34. The maximum absolute atomic E-state index is 12.6. The molecule has 136 valence electrons. The molecule has 2 amide bonds. The summed E-state index contributed by atoms with van der Waals surface area (Å²) in [4.78, 5) is 36.4. The van der Waals surface area contributed by atoms with E-state index in [0.717, 1.165) is 19.3 Å². The molecule has 0 N–H and O–H groups in total. The summed E-state index contributed by atoms with van der Waals surface area (Å²) in [6, 6.07) is 5.52. The molecule has 8 heteroatoms. The monoisotopic (exact) mass is 355 g/mol. The maximum atomic E-state index is 12.6. The van der Waals surface area contributed by atoms with Crippen LogP contribution in [0.1, 0.15) is 37.4 Å². The standard InChI is InChI=1S/C18H21N5O3/c24-15-7-4-10-23(15)12-16(25)22-9-3-5-13(11-22)17-20-18(26-21-17)14-6-1-2-8-19-14/h1-2,6,8,13H,3-5,7,9-12H2. The van der Waals surface area contributed by atoms with Gasteiger partial charge in [0.1, 0.15) is 5.69 Å². The molecular formula is C18H21N5O3. The van der Waals surface area contributed by atoms with Crippen LogP contribution in [0.15, 0.2) is 28.9 Å². The lowest BCUT2D eigenvalue weighted by Crippen LogP contribution is -2.45. The van der Waals surface area contributed by atoms with Crippen molar-refractivity contribution in [1.29, 1.82) is 0 Å². The van der Waals surface area contributed by atoms with Gasteiger partial charge in [-0.15, -0.1) is 0 Å². The number of nitrogens with zero attached hydrogens (tertiary/aromatic N) is 5. The van der Waals surface area contributed by atoms with Gasteiger partial charge >= 0.3 is 0 Å². The number of piperidine rings is 1. The van der Waals surface area contributed by atoms with E-state index in [2.05, 4.69) is 15.1 Å². The highest BCUT2D eigenvalue weighted by Crippen LogP contribution is 2.27. The molecule has 2 aromatic rings. The van der Waals surface area contributed by atoms with E-state index in [1.807, 2.05) is 23.1 Å². The summed E-state index contributed by atoms with van der Waals surface area (Å²) in [5.74, 6) is 1.12. The fourth-order valence-electron chi connectivity index (χ4n) is 3.54. The Morgan fingerprint density at radius 1 is 1.27 bits per heavy atom. The van der Waals surface area contributed by atoms with E-state index in [1.165, 1.54) is 0 Å². The molecule has 8 nitrogen and oxygen atoms in total. The molecule has 2 saturated heterocycles. The van der Waals surface area contributed by atoms with E-state index in [4.69, 9.17) is 4.52 Å². The third-order valence-electron chi connectivity index (χ3n) is 4.96. The third kappa shape index (κ3) is 3.44. The van der Waals surface area contributed by atoms with Crippen LogP contribution in [0.25, 0.3) is 11.6 Å². The van der Waals surface area contributed by atoms with Crippen LogP contribution in [0.3, 0.4) is 0 Å². The van der Waals surface area contributed by atoms with Crippen molar-refractivity contribution in [3.8, 4) is 11.6 Å². The number of rotatable bonds is 4. The van der Waals surface area contributed by atoms with Crippen molar-refractivity contribution in [2.24, 2.45) is 0 Å². The molecular weight excluding hydrogens is 334 g/mol. The van der Waals surface area contributed by atoms with Gasteiger partial charge in [0.25, 0.3) is 5.89 Å². The number of carbonyl (C=O) groups is 2. The predicted molar refractivity (Wildman–Crippen MR) is 91.9 cm³/mol. The van der Waals surface area contributed by atoms with Crippen LogP contribution in [-0.4, -0.2) is 62.9 Å². The zero-order valence-corrected chi connectivity index (χ0v) is 14.5. The normalized spacial score (nSPS) is 20.6. The maximum Gasteiger partial charge on any atom is 0.276 e. The van der Waals surface area contributed by atoms with Gasteiger partial charge in [0.2, 0.25) is 11.8 Å². The molecule has 0 bridgehead atoms. The van der Waals surface area contributed by atoms with Gasteiger partial charge in [0.05, 0.1) is 6.54 Å². The van der Waals surface area contributed by atoms with Crippen molar-refractivity contribution < 1.29 is 14.1 Å². The molecule has 0 radical (unpaired) electrons. The average molecular weight is 355 g/mol. The summed E-state index contributed by atoms with van der Waals surface area (Å²) >= 11 is 0. The molecule has 4 rings (SSSR count). The summed E-state index contributed by atoms with van der Waals surface area (Å²) in [7, 11) is 0. The van der Waals surface area contributed by atoms with Gasteiger partial charge in [-0.1, -0.05) is 11.2 Å². The lowest BCUT2D eigenvalue weighted by molar-refractivity contribution is -0.139. The fourth-order valence-corrected chi connectivity index (χ4v) is 3.54. The second-order valence-corrected chi connectivity index (χ2v) is 6.77. The molecule has 26 heavy (non-hydrogen) atoms. The Kier molecular flexibility index (Phi) is 4.64. The van der Waals surface area contributed by atoms with Crippen LogP contribution in [-0.2, 0) is 9.59 Å². The van der Waals surface area contributed by atoms with Gasteiger partial charge in [-0.2, -0.15) is 4.98 Å². The van der Waals surface area contributed by atoms with Crippen LogP contribution < -0.4 is 0 Å². The quantitative estimate of drug-likeness (QED) is 0.824. The first-order chi connectivity index (χ1) is 12.7.